The lowest BCUT2D eigenvalue weighted by Gasteiger charge is -2.10. The predicted octanol–water partition coefficient (Wildman–Crippen LogP) is 5.03. The lowest BCUT2D eigenvalue weighted by atomic mass is 10.0. The number of amides is 1. The zero-order chi connectivity index (χ0) is 19.2. The number of hydrogen-bond acceptors (Lipinski definition) is 3. The summed E-state index contributed by atoms with van der Waals surface area (Å²) in [6.07, 6.45) is 3.22. The van der Waals surface area contributed by atoms with Crippen LogP contribution in [0.5, 0.6) is 5.75 Å². The van der Waals surface area contributed by atoms with E-state index in [0.717, 1.165) is 16.3 Å². The van der Waals surface area contributed by atoms with Gasteiger partial charge in [0.25, 0.3) is 0 Å². The van der Waals surface area contributed by atoms with Crippen molar-refractivity contribution in [2.45, 2.75) is 0 Å². The van der Waals surface area contributed by atoms with Crippen LogP contribution in [0.1, 0.15) is 5.56 Å². The Morgan fingerprint density at radius 1 is 1.11 bits per heavy atom. The molecule has 0 unspecified atom stereocenters. The number of hydrogen-bond donors (Lipinski definition) is 2. The molecule has 0 atom stereocenters. The van der Waals surface area contributed by atoms with Crippen LogP contribution >= 0.6 is 23.8 Å². The number of nitrogens with one attached hydrogen (secondary N) is 2. The van der Waals surface area contributed by atoms with E-state index in [2.05, 4.69) is 10.6 Å². The molecule has 0 fully saturated rings. The van der Waals surface area contributed by atoms with Crippen molar-refractivity contribution in [3.8, 4) is 5.75 Å². The van der Waals surface area contributed by atoms with Gasteiger partial charge in [0.05, 0.1) is 12.1 Å². The first-order valence-electron chi connectivity index (χ1n) is 8.18. The molecule has 0 aliphatic heterocycles. The van der Waals surface area contributed by atoms with Crippen LogP contribution < -0.4 is 15.4 Å². The number of methoxy groups -OCH3 is 1. The third-order valence-corrected chi connectivity index (χ3v) is 4.38. The maximum absolute atomic E-state index is 12.1. The average molecular weight is 397 g/mol. The van der Waals surface area contributed by atoms with Crippen molar-refractivity contribution in [3.05, 3.63) is 77.3 Å². The number of ether oxygens (including phenoxy) is 1. The second-order valence-corrected chi connectivity index (χ2v) is 6.51. The van der Waals surface area contributed by atoms with Crippen molar-refractivity contribution >= 4 is 57.4 Å². The molecule has 3 rings (SSSR count). The monoisotopic (exact) mass is 396 g/mol. The zero-order valence-corrected chi connectivity index (χ0v) is 16.1. The predicted molar refractivity (Wildman–Crippen MR) is 115 cm³/mol. The van der Waals surface area contributed by atoms with Gasteiger partial charge in [0.15, 0.2) is 5.11 Å². The molecule has 0 saturated heterocycles. The first-order chi connectivity index (χ1) is 13.1. The van der Waals surface area contributed by atoms with Crippen LogP contribution in [-0.4, -0.2) is 18.1 Å². The van der Waals surface area contributed by atoms with Crippen molar-refractivity contribution in [2.75, 3.05) is 12.4 Å². The minimum Gasteiger partial charge on any atom is -0.495 e. The molecule has 0 radical (unpaired) electrons. The van der Waals surface area contributed by atoms with Gasteiger partial charge in [-0.2, -0.15) is 0 Å². The number of carbonyl (C=O) groups is 1. The van der Waals surface area contributed by atoms with E-state index < -0.39 is 0 Å². The van der Waals surface area contributed by atoms with E-state index in [1.807, 2.05) is 42.5 Å². The number of fused-ring (bicyclic) bond motifs is 1. The molecule has 6 heteroatoms. The van der Waals surface area contributed by atoms with Crippen molar-refractivity contribution < 1.29 is 9.53 Å². The first kappa shape index (κ1) is 18.9. The summed E-state index contributed by atoms with van der Waals surface area (Å²) >= 11 is 11.3. The van der Waals surface area contributed by atoms with Gasteiger partial charge in [-0.05, 0) is 52.8 Å². The number of carbonyl (C=O) groups excluding carboxylic acids is 1. The van der Waals surface area contributed by atoms with Gasteiger partial charge in [0, 0.05) is 11.8 Å². The van der Waals surface area contributed by atoms with E-state index in [9.17, 15) is 4.79 Å². The summed E-state index contributed by atoms with van der Waals surface area (Å²) < 4.78 is 5.10. The molecule has 0 aliphatic rings. The Morgan fingerprint density at radius 2 is 1.89 bits per heavy atom. The number of benzene rings is 3. The van der Waals surface area contributed by atoms with Gasteiger partial charge in [-0.1, -0.05) is 54.1 Å². The minimum atomic E-state index is -0.319. The number of halogens is 1. The number of rotatable bonds is 4. The molecule has 0 bridgehead atoms. The normalized spacial score (nSPS) is 10.7. The Kier molecular flexibility index (Phi) is 6.06. The van der Waals surface area contributed by atoms with Gasteiger partial charge < -0.3 is 10.1 Å². The summed E-state index contributed by atoms with van der Waals surface area (Å²) in [4.78, 5) is 12.1. The van der Waals surface area contributed by atoms with Gasteiger partial charge in [0.1, 0.15) is 5.75 Å². The van der Waals surface area contributed by atoms with Gasteiger partial charge in [-0.25, -0.2) is 0 Å². The fraction of sp³-hybridized carbons (Fsp3) is 0.0476. The molecule has 1 amide bonds. The number of anilines is 1. The van der Waals surface area contributed by atoms with Crippen LogP contribution in [0.2, 0.25) is 5.02 Å². The van der Waals surface area contributed by atoms with Crippen molar-refractivity contribution in [3.63, 3.8) is 0 Å². The van der Waals surface area contributed by atoms with Crippen molar-refractivity contribution in [1.29, 1.82) is 0 Å². The van der Waals surface area contributed by atoms with E-state index in [-0.39, 0.29) is 11.0 Å². The molecule has 136 valence electrons. The highest BCUT2D eigenvalue weighted by atomic mass is 35.5. The van der Waals surface area contributed by atoms with Crippen LogP contribution in [0.4, 0.5) is 5.69 Å². The van der Waals surface area contributed by atoms with E-state index in [4.69, 9.17) is 28.6 Å². The second-order valence-electron chi connectivity index (χ2n) is 5.69. The first-order valence-corrected chi connectivity index (χ1v) is 8.97. The Balaban J connectivity index is 1.64. The largest absolute Gasteiger partial charge is 0.495 e. The highest BCUT2D eigenvalue weighted by Gasteiger charge is 2.05. The van der Waals surface area contributed by atoms with Gasteiger partial charge in [-0.15, -0.1) is 0 Å². The van der Waals surface area contributed by atoms with Crippen LogP contribution in [-0.2, 0) is 4.79 Å². The third kappa shape index (κ3) is 4.84. The second kappa shape index (κ2) is 8.66. The molecule has 0 heterocycles. The van der Waals surface area contributed by atoms with E-state index in [1.165, 1.54) is 6.08 Å². The van der Waals surface area contributed by atoms with Crippen molar-refractivity contribution in [1.82, 2.24) is 5.32 Å². The lowest BCUT2D eigenvalue weighted by Crippen LogP contribution is -2.32. The third-order valence-electron chi connectivity index (χ3n) is 3.88. The van der Waals surface area contributed by atoms with Gasteiger partial charge in [0.2, 0.25) is 5.91 Å². The Bertz CT molecular complexity index is 1030. The van der Waals surface area contributed by atoms with Crippen LogP contribution in [0.3, 0.4) is 0 Å². The summed E-state index contributed by atoms with van der Waals surface area (Å²) in [5, 5.41) is 8.37. The van der Waals surface area contributed by atoms with Crippen LogP contribution in [0.15, 0.2) is 66.7 Å². The Hall–Kier alpha value is -2.89. The van der Waals surface area contributed by atoms with E-state index in [1.54, 1.807) is 31.4 Å². The van der Waals surface area contributed by atoms with Crippen molar-refractivity contribution in [2.24, 2.45) is 0 Å². The Labute approximate surface area is 167 Å². The molecule has 2 N–H and O–H groups in total. The maximum atomic E-state index is 12.1. The van der Waals surface area contributed by atoms with Gasteiger partial charge >= 0.3 is 0 Å². The molecule has 4 nitrogen and oxygen atoms in total. The molecule has 0 saturated carbocycles. The zero-order valence-electron chi connectivity index (χ0n) is 14.5. The topological polar surface area (TPSA) is 50.4 Å². The SMILES string of the molecule is COc1ccc(NC(=S)NC(=O)C=Cc2cccc3ccccc23)cc1Cl. The average Bonchev–Trinajstić information content (AvgIpc) is 2.66. The molecule has 27 heavy (non-hydrogen) atoms. The summed E-state index contributed by atoms with van der Waals surface area (Å²) in [7, 11) is 1.54. The van der Waals surface area contributed by atoms with E-state index >= 15 is 0 Å². The fourth-order valence-electron chi connectivity index (χ4n) is 2.62. The Morgan fingerprint density at radius 3 is 2.67 bits per heavy atom. The molecule has 0 aromatic heterocycles. The molecular formula is C21H17ClN2O2S. The molecule has 0 spiro atoms. The summed E-state index contributed by atoms with van der Waals surface area (Å²) in [5.74, 6) is 0.246. The number of thiocarbonyl (C=S) groups is 1. The quantitative estimate of drug-likeness (QED) is 0.479. The molecule has 0 aliphatic carbocycles. The smallest absolute Gasteiger partial charge is 0.250 e. The van der Waals surface area contributed by atoms with Crippen LogP contribution in [0, 0.1) is 0 Å². The highest BCUT2D eigenvalue weighted by molar-refractivity contribution is 7.80. The van der Waals surface area contributed by atoms with E-state index in [0.29, 0.717) is 16.5 Å². The lowest BCUT2D eigenvalue weighted by molar-refractivity contribution is -0.115. The van der Waals surface area contributed by atoms with Gasteiger partial charge in [-0.3, -0.25) is 10.1 Å². The molecule has 3 aromatic rings. The fourth-order valence-corrected chi connectivity index (χ4v) is 3.10. The summed E-state index contributed by atoms with van der Waals surface area (Å²) in [6.45, 7) is 0. The standard InChI is InChI=1S/C21H17ClN2O2S/c1-26-19-11-10-16(13-18(19)22)23-21(27)24-20(25)12-9-15-7-4-6-14-5-2-3-8-17(14)15/h2-13H,1H3,(H2,23,24,25,27). The minimum absolute atomic E-state index is 0.184. The summed E-state index contributed by atoms with van der Waals surface area (Å²) in [6, 6.07) is 19.1. The highest BCUT2D eigenvalue weighted by Crippen LogP contribution is 2.27. The molecular weight excluding hydrogens is 380 g/mol. The van der Waals surface area contributed by atoms with Crippen LogP contribution in [0.25, 0.3) is 16.8 Å². The summed E-state index contributed by atoms with van der Waals surface area (Å²) in [5.41, 5.74) is 1.62. The maximum Gasteiger partial charge on any atom is 0.250 e. The molecule has 3 aromatic carbocycles.